The number of hydrogen-bond donors (Lipinski definition) is 2. The minimum absolute atomic E-state index is 0.350. The highest BCUT2D eigenvalue weighted by molar-refractivity contribution is 7.22. The molecule has 19 heavy (non-hydrogen) atoms. The van der Waals surface area contributed by atoms with E-state index in [0.29, 0.717) is 16.5 Å². The van der Waals surface area contributed by atoms with Gasteiger partial charge in [0.15, 0.2) is 12.4 Å². The number of carboxylic acids is 1. The summed E-state index contributed by atoms with van der Waals surface area (Å²) in [6.07, 6.45) is 1.65. The zero-order valence-corrected chi connectivity index (χ0v) is 10.2. The second-order valence-corrected chi connectivity index (χ2v) is 4.53. The van der Waals surface area contributed by atoms with Gasteiger partial charge in [-0.2, -0.15) is 5.21 Å². The molecule has 9 heteroatoms. The van der Waals surface area contributed by atoms with E-state index < -0.39 is 12.6 Å². The Kier molecular flexibility index (Phi) is 2.80. The van der Waals surface area contributed by atoms with E-state index in [1.165, 1.54) is 11.3 Å². The molecule has 0 aliphatic carbocycles. The van der Waals surface area contributed by atoms with Crippen LogP contribution in [0, 0.1) is 0 Å². The van der Waals surface area contributed by atoms with Gasteiger partial charge in [-0.15, -0.1) is 21.5 Å². The molecule has 2 N–H and O–H groups in total. The number of H-pyrrole nitrogens is 1. The number of nitrogens with one attached hydrogen (secondary N) is 1. The summed E-state index contributed by atoms with van der Waals surface area (Å²) < 4.78 is 5.32. The van der Waals surface area contributed by atoms with Gasteiger partial charge >= 0.3 is 5.97 Å². The van der Waals surface area contributed by atoms with Crippen LogP contribution in [0.2, 0.25) is 0 Å². The van der Waals surface area contributed by atoms with E-state index >= 15 is 0 Å². The van der Waals surface area contributed by atoms with Crippen LogP contribution >= 0.6 is 11.3 Å². The van der Waals surface area contributed by atoms with Crippen LogP contribution in [-0.4, -0.2) is 43.3 Å². The summed E-state index contributed by atoms with van der Waals surface area (Å²) in [5.74, 6) is -0.289. The lowest BCUT2D eigenvalue weighted by molar-refractivity contribution is -0.139. The third kappa shape index (κ3) is 2.10. The third-order valence-electron chi connectivity index (χ3n) is 2.31. The number of rotatable bonds is 4. The van der Waals surface area contributed by atoms with Gasteiger partial charge in [-0.25, -0.2) is 9.78 Å². The van der Waals surface area contributed by atoms with Crippen LogP contribution in [-0.2, 0) is 4.79 Å². The maximum Gasteiger partial charge on any atom is 0.341 e. The van der Waals surface area contributed by atoms with E-state index in [4.69, 9.17) is 9.84 Å². The molecule has 0 saturated carbocycles. The molecular formula is C10H7N5O3S. The molecule has 3 aromatic heterocycles. The molecule has 0 saturated heterocycles. The van der Waals surface area contributed by atoms with Crippen molar-refractivity contribution in [3.63, 3.8) is 0 Å². The van der Waals surface area contributed by atoms with Crippen molar-refractivity contribution in [3.05, 3.63) is 18.3 Å². The molecule has 3 heterocycles. The zero-order valence-electron chi connectivity index (χ0n) is 9.40. The lowest BCUT2D eigenvalue weighted by atomic mass is 10.3. The third-order valence-corrected chi connectivity index (χ3v) is 3.40. The van der Waals surface area contributed by atoms with Crippen LogP contribution in [0.25, 0.3) is 20.9 Å². The zero-order chi connectivity index (χ0) is 13.2. The average Bonchev–Trinajstić information content (AvgIpc) is 3.03. The van der Waals surface area contributed by atoms with E-state index in [0.717, 1.165) is 10.2 Å². The van der Waals surface area contributed by atoms with Crippen molar-refractivity contribution in [1.29, 1.82) is 0 Å². The van der Waals surface area contributed by atoms with Gasteiger partial charge in [0.2, 0.25) is 5.82 Å². The molecule has 96 valence electrons. The number of fused-ring (bicyclic) bond motifs is 1. The summed E-state index contributed by atoms with van der Waals surface area (Å²) in [5, 5.41) is 23.0. The second-order valence-electron chi connectivity index (χ2n) is 3.53. The summed E-state index contributed by atoms with van der Waals surface area (Å²) in [5.41, 5.74) is 0. The van der Waals surface area contributed by atoms with E-state index in [1.54, 1.807) is 18.3 Å². The second kappa shape index (κ2) is 4.61. The standard InChI is InChI=1S/C10H7N5O3S/c16-6(17)4-18-7-5-2-1-3-11-10(5)19-8(7)9-12-14-15-13-9/h1-3H,4H2,(H,16,17)(H,12,13,14,15). The first-order valence-electron chi connectivity index (χ1n) is 5.21. The Balaban J connectivity index is 2.14. The van der Waals surface area contributed by atoms with Crippen LogP contribution < -0.4 is 4.74 Å². The molecule has 0 spiro atoms. The number of carboxylic acid groups (broad SMARTS) is 1. The number of aliphatic carboxylic acids is 1. The summed E-state index contributed by atoms with van der Waals surface area (Å²) >= 11 is 1.32. The Morgan fingerprint density at radius 2 is 2.42 bits per heavy atom. The van der Waals surface area contributed by atoms with Crippen LogP contribution in [0.1, 0.15) is 0 Å². The maximum absolute atomic E-state index is 10.6. The molecule has 0 atom stereocenters. The lowest BCUT2D eigenvalue weighted by Crippen LogP contribution is -2.09. The molecule has 0 aliphatic rings. The average molecular weight is 277 g/mol. The molecule has 0 radical (unpaired) electrons. The van der Waals surface area contributed by atoms with Gasteiger partial charge < -0.3 is 9.84 Å². The predicted molar refractivity (Wildman–Crippen MR) is 65.9 cm³/mol. The number of hydrogen-bond acceptors (Lipinski definition) is 7. The van der Waals surface area contributed by atoms with Crippen LogP contribution in [0.4, 0.5) is 0 Å². The molecule has 3 aromatic rings. The fourth-order valence-corrected chi connectivity index (χ4v) is 2.61. The van der Waals surface area contributed by atoms with E-state index in [9.17, 15) is 4.79 Å². The highest BCUT2D eigenvalue weighted by atomic mass is 32.1. The fraction of sp³-hybridized carbons (Fsp3) is 0.100. The molecule has 0 aromatic carbocycles. The van der Waals surface area contributed by atoms with Crippen molar-refractivity contribution in [2.75, 3.05) is 6.61 Å². The number of pyridine rings is 1. The number of tetrazole rings is 1. The number of ether oxygens (including phenoxy) is 1. The van der Waals surface area contributed by atoms with Crippen molar-refractivity contribution in [3.8, 4) is 16.5 Å². The molecular weight excluding hydrogens is 270 g/mol. The first-order chi connectivity index (χ1) is 9.25. The smallest absolute Gasteiger partial charge is 0.341 e. The van der Waals surface area contributed by atoms with Crippen molar-refractivity contribution in [2.45, 2.75) is 0 Å². The number of aromatic amines is 1. The number of thiophene rings is 1. The van der Waals surface area contributed by atoms with Crippen LogP contribution in [0.5, 0.6) is 5.75 Å². The quantitative estimate of drug-likeness (QED) is 0.729. The minimum Gasteiger partial charge on any atom is -0.480 e. The van der Waals surface area contributed by atoms with Crippen LogP contribution in [0.15, 0.2) is 18.3 Å². The van der Waals surface area contributed by atoms with E-state index in [1.807, 2.05) is 0 Å². The topological polar surface area (TPSA) is 114 Å². The summed E-state index contributed by atoms with van der Waals surface area (Å²) in [7, 11) is 0. The van der Waals surface area contributed by atoms with E-state index in [2.05, 4.69) is 25.6 Å². The van der Waals surface area contributed by atoms with Gasteiger partial charge in [0.25, 0.3) is 0 Å². The highest BCUT2D eigenvalue weighted by Gasteiger charge is 2.19. The van der Waals surface area contributed by atoms with Crippen molar-refractivity contribution >= 4 is 27.5 Å². The van der Waals surface area contributed by atoms with Crippen LogP contribution in [0.3, 0.4) is 0 Å². The highest BCUT2D eigenvalue weighted by Crippen LogP contribution is 2.41. The molecule has 0 aliphatic heterocycles. The van der Waals surface area contributed by atoms with Gasteiger partial charge in [-0.05, 0) is 17.3 Å². The first kappa shape index (κ1) is 11.5. The normalized spacial score (nSPS) is 10.7. The Morgan fingerprint density at radius 3 is 3.16 bits per heavy atom. The molecule has 0 amide bonds. The Bertz CT molecular complexity index is 724. The monoisotopic (exact) mass is 277 g/mol. The van der Waals surface area contributed by atoms with Gasteiger partial charge in [0.1, 0.15) is 9.71 Å². The lowest BCUT2D eigenvalue weighted by Gasteiger charge is -2.02. The van der Waals surface area contributed by atoms with Crippen molar-refractivity contribution in [1.82, 2.24) is 25.6 Å². The van der Waals surface area contributed by atoms with Gasteiger partial charge in [0, 0.05) is 6.20 Å². The molecule has 0 bridgehead atoms. The van der Waals surface area contributed by atoms with Gasteiger partial charge in [0.05, 0.1) is 5.39 Å². The predicted octanol–water partition coefficient (Wildman–Crippen LogP) is 0.940. The Labute approximate surface area is 110 Å². The molecule has 0 fully saturated rings. The largest absolute Gasteiger partial charge is 0.480 e. The van der Waals surface area contributed by atoms with Gasteiger partial charge in [-0.3, -0.25) is 0 Å². The summed E-state index contributed by atoms with van der Waals surface area (Å²) in [6, 6.07) is 3.56. The number of carbonyl (C=O) groups is 1. The Hall–Kier alpha value is -2.55. The minimum atomic E-state index is -1.05. The summed E-state index contributed by atoms with van der Waals surface area (Å²) in [4.78, 5) is 16.2. The number of nitrogens with zero attached hydrogens (tertiary/aromatic N) is 4. The maximum atomic E-state index is 10.6. The molecule has 0 unspecified atom stereocenters. The summed E-state index contributed by atoms with van der Waals surface area (Å²) in [6.45, 7) is -0.439. The van der Waals surface area contributed by atoms with Crippen molar-refractivity contribution < 1.29 is 14.6 Å². The number of aromatic nitrogens is 5. The van der Waals surface area contributed by atoms with Gasteiger partial charge in [-0.1, -0.05) is 0 Å². The SMILES string of the molecule is O=C(O)COc1c(-c2nn[nH]n2)sc2ncccc12. The fourth-order valence-electron chi connectivity index (χ4n) is 1.59. The van der Waals surface area contributed by atoms with Crippen molar-refractivity contribution in [2.24, 2.45) is 0 Å². The molecule has 3 rings (SSSR count). The Morgan fingerprint density at radius 1 is 1.53 bits per heavy atom. The molecule has 8 nitrogen and oxygen atoms in total. The first-order valence-corrected chi connectivity index (χ1v) is 6.03. The van der Waals surface area contributed by atoms with E-state index in [-0.39, 0.29) is 0 Å².